The molecule has 0 amide bonds. The van der Waals surface area contributed by atoms with E-state index in [0.29, 0.717) is 0 Å². The minimum Gasteiger partial charge on any atom is -0.411 e. The highest BCUT2D eigenvalue weighted by atomic mass is 32.2. The van der Waals surface area contributed by atoms with Gasteiger partial charge in [-0.25, -0.2) is 12.8 Å². The first-order valence-corrected chi connectivity index (χ1v) is 7.84. The highest BCUT2D eigenvalue weighted by Gasteiger charge is 2.21. The molecular weight excluding hydrogens is 293 g/mol. The zero-order valence-electron chi connectivity index (χ0n) is 11.3. The highest BCUT2D eigenvalue weighted by Crippen LogP contribution is 2.16. The Morgan fingerprint density at radius 2 is 1.76 bits per heavy atom. The quantitative estimate of drug-likeness (QED) is 0.536. The van der Waals surface area contributed by atoms with Crippen molar-refractivity contribution in [3.63, 3.8) is 0 Å². The molecule has 0 unspecified atom stereocenters. The molecule has 0 spiro atoms. The summed E-state index contributed by atoms with van der Waals surface area (Å²) in [6.07, 6.45) is 0. The molecule has 0 aliphatic heterocycles. The maximum Gasteiger partial charge on any atom is 0.184 e. The van der Waals surface area contributed by atoms with Gasteiger partial charge in [0.25, 0.3) is 0 Å². The van der Waals surface area contributed by atoms with Gasteiger partial charge in [0.1, 0.15) is 17.3 Å². The van der Waals surface area contributed by atoms with Crippen LogP contribution in [0.2, 0.25) is 0 Å². The van der Waals surface area contributed by atoms with Gasteiger partial charge in [-0.3, -0.25) is 0 Å². The number of hydrogen-bond donors (Lipinski definition) is 1. The number of benzene rings is 2. The molecule has 2 rings (SSSR count). The van der Waals surface area contributed by atoms with Crippen molar-refractivity contribution in [3.8, 4) is 0 Å². The van der Waals surface area contributed by atoms with E-state index in [1.54, 1.807) is 18.2 Å². The molecule has 2 aromatic carbocycles. The summed E-state index contributed by atoms with van der Waals surface area (Å²) in [5.74, 6) is -1.21. The number of halogens is 1. The van der Waals surface area contributed by atoms with E-state index < -0.39 is 21.4 Å². The SMILES string of the molecule is Cc1ccc(S(=O)(=O)C/C(=N\O)c2ccccc2F)cc1. The fraction of sp³-hybridized carbons (Fsp3) is 0.133. The minimum atomic E-state index is -3.71. The molecule has 0 heterocycles. The van der Waals surface area contributed by atoms with Gasteiger partial charge in [0.05, 0.1) is 4.90 Å². The molecule has 1 N–H and O–H groups in total. The lowest BCUT2D eigenvalue weighted by Gasteiger charge is -2.08. The summed E-state index contributed by atoms with van der Waals surface area (Å²) >= 11 is 0. The van der Waals surface area contributed by atoms with Crippen LogP contribution in [-0.2, 0) is 9.84 Å². The van der Waals surface area contributed by atoms with Gasteiger partial charge in [-0.1, -0.05) is 41.1 Å². The molecule has 0 saturated carbocycles. The van der Waals surface area contributed by atoms with Gasteiger partial charge in [0.15, 0.2) is 9.84 Å². The van der Waals surface area contributed by atoms with E-state index in [2.05, 4.69) is 5.16 Å². The second-order valence-electron chi connectivity index (χ2n) is 4.60. The molecule has 0 atom stereocenters. The van der Waals surface area contributed by atoms with Gasteiger partial charge in [-0.15, -0.1) is 0 Å². The number of rotatable bonds is 4. The molecular formula is C15H14FNO3S. The molecule has 0 saturated heterocycles. The number of hydrogen-bond acceptors (Lipinski definition) is 4. The monoisotopic (exact) mass is 307 g/mol. The lowest BCUT2D eigenvalue weighted by Crippen LogP contribution is -2.18. The first-order valence-electron chi connectivity index (χ1n) is 6.19. The van der Waals surface area contributed by atoms with Crippen LogP contribution in [0, 0.1) is 12.7 Å². The van der Waals surface area contributed by atoms with Crippen LogP contribution >= 0.6 is 0 Å². The van der Waals surface area contributed by atoms with Crippen molar-refractivity contribution in [2.45, 2.75) is 11.8 Å². The predicted molar refractivity (Wildman–Crippen MR) is 78.0 cm³/mol. The third kappa shape index (κ3) is 3.46. The summed E-state index contributed by atoms with van der Waals surface area (Å²) in [6.45, 7) is 1.84. The van der Waals surface area contributed by atoms with Crippen LogP contribution in [0.3, 0.4) is 0 Å². The Hall–Kier alpha value is -2.21. The van der Waals surface area contributed by atoms with Crippen LogP contribution in [0.15, 0.2) is 58.6 Å². The van der Waals surface area contributed by atoms with Gasteiger partial charge >= 0.3 is 0 Å². The predicted octanol–water partition coefficient (Wildman–Crippen LogP) is 2.79. The molecule has 2 aromatic rings. The molecule has 0 aromatic heterocycles. The average Bonchev–Trinajstić information content (AvgIpc) is 2.46. The number of sulfone groups is 1. The van der Waals surface area contributed by atoms with Crippen LogP contribution in [0.25, 0.3) is 0 Å². The van der Waals surface area contributed by atoms with Crippen molar-refractivity contribution >= 4 is 15.5 Å². The topological polar surface area (TPSA) is 66.7 Å². The molecule has 6 heteroatoms. The zero-order valence-corrected chi connectivity index (χ0v) is 12.1. The second kappa shape index (κ2) is 6.05. The fourth-order valence-corrected chi connectivity index (χ4v) is 3.16. The van der Waals surface area contributed by atoms with Gasteiger partial charge in [0, 0.05) is 5.56 Å². The van der Waals surface area contributed by atoms with E-state index in [1.807, 2.05) is 6.92 Å². The summed E-state index contributed by atoms with van der Waals surface area (Å²) in [4.78, 5) is 0.102. The summed E-state index contributed by atoms with van der Waals surface area (Å²) in [5, 5.41) is 12.0. The molecule has 4 nitrogen and oxygen atoms in total. The lowest BCUT2D eigenvalue weighted by atomic mass is 10.1. The Bertz CT molecular complexity index is 768. The Balaban J connectivity index is 2.35. The Kier molecular flexibility index (Phi) is 4.37. The normalized spacial score (nSPS) is 12.4. The van der Waals surface area contributed by atoms with Crippen LogP contribution in [0.1, 0.15) is 11.1 Å². The smallest absolute Gasteiger partial charge is 0.184 e. The summed E-state index contributed by atoms with van der Waals surface area (Å²) in [6, 6.07) is 11.9. The van der Waals surface area contributed by atoms with E-state index in [4.69, 9.17) is 5.21 Å². The minimum absolute atomic E-state index is 0.0318. The Morgan fingerprint density at radius 1 is 1.14 bits per heavy atom. The van der Waals surface area contributed by atoms with Crippen LogP contribution in [0.4, 0.5) is 4.39 Å². The number of aryl methyl sites for hydroxylation is 1. The fourth-order valence-electron chi connectivity index (χ4n) is 1.86. The zero-order chi connectivity index (χ0) is 15.5. The maximum atomic E-state index is 13.7. The van der Waals surface area contributed by atoms with Crippen LogP contribution < -0.4 is 0 Å². The molecule has 0 aliphatic carbocycles. The molecule has 21 heavy (non-hydrogen) atoms. The van der Waals surface area contributed by atoms with Crippen molar-refractivity contribution in [3.05, 3.63) is 65.5 Å². The van der Waals surface area contributed by atoms with Gasteiger partial charge in [-0.2, -0.15) is 0 Å². The van der Waals surface area contributed by atoms with Crippen LogP contribution in [0.5, 0.6) is 0 Å². The molecule has 0 fully saturated rings. The average molecular weight is 307 g/mol. The van der Waals surface area contributed by atoms with Crippen molar-refractivity contribution in [1.29, 1.82) is 0 Å². The van der Waals surface area contributed by atoms with Gasteiger partial charge in [0.2, 0.25) is 0 Å². The Labute approximate surface area is 122 Å². The summed E-state index contributed by atoms with van der Waals surface area (Å²) in [5.41, 5.74) is 0.670. The van der Waals surface area contributed by atoms with E-state index in [9.17, 15) is 12.8 Å². The maximum absolute atomic E-state index is 13.7. The largest absolute Gasteiger partial charge is 0.411 e. The van der Waals surface area contributed by atoms with Crippen molar-refractivity contribution < 1.29 is 18.0 Å². The van der Waals surface area contributed by atoms with E-state index in [1.165, 1.54) is 30.3 Å². The van der Waals surface area contributed by atoms with Crippen molar-refractivity contribution in [1.82, 2.24) is 0 Å². The van der Waals surface area contributed by atoms with Crippen LogP contribution in [-0.4, -0.2) is 25.1 Å². The van der Waals surface area contributed by atoms with Crippen molar-refractivity contribution in [2.24, 2.45) is 5.16 Å². The summed E-state index contributed by atoms with van der Waals surface area (Å²) in [7, 11) is -3.71. The first-order chi connectivity index (χ1) is 9.94. The van der Waals surface area contributed by atoms with E-state index in [0.717, 1.165) is 5.56 Å². The summed E-state index contributed by atoms with van der Waals surface area (Å²) < 4.78 is 38.2. The third-order valence-electron chi connectivity index (χ3n) is 3.01. The molecule has 0 aliphatic rings. The Morgan fingerprint density at radius 3 is 2.33 bits per heavy atom. The van der Waals surface area contributed by atoms with Gasteiger partial charge in [-0.05, 0) is 25.1 Å². The third-order valence-corrected chi connectivity index (χ3v) is 4.66. The molecule has 110 valence electrons. The number of nitrogens with zero attached hydrogens (tertiary/aromatic N) is 1. The second-order valence-corrected chi connectivity index (χ2v) is 6.59. The van der Waals surface area contributed by atoms with E-state index >= 15 is 0 Å². The highest BCUT2D eigenvalue weighted by molar-refractivity contribution is 7.92. The first kappa shape index (κ1) is 15.2. The van der Waals surface area contributed by atoms with E-state index in [-0.39, 0.29) is 16.2 Å². The molecule has 0 bridgehead atoms. The van der Waals surface area contributed by atoms with Gasteiger partial charge < -0.3 is 5.21 Å². The number of oxime groups is 1. The lowest BCUT2D eigenvalue weighted by molar-refractivity contribution is 0.319. The van der Waals surface area contributed by atoms with Crippen molar-refractivity contribution in [2.75, 3.05) is 5.75 Å². The standard InChI is InChI=1S/C15H14FNO3S/c1-11-6-8-12(9-7-11)21(19,20)10-15(17-18)13-4-2-3-5-14(13)16/h2-9,18H,10H2,1H3/b17-15+. The molecule has 0 radical (unpaired) electrons.